The SMILES string of the molecule is C=C[C@@H]1CCN(C(=O)OC(C)(C)C)[C@H]1C(=O)N(C(/C=C/CC)CC)C(Cc1ccccc1)C(=O)OC. The molecule has 0 bridgehead atoms. The van der Waals surface area contributed by atoms with Crippen molar-refractivity contribution < 1.29 is 23.9 Å². The Kier molecular flexibility index (Phi) is 10.8. The number of carbonyl (C=O) groups excluding carboxylic acids is 3. The summed E-state index contributed by atoms with van der Waals surface area (Å²) in [5.41, 5.74) is 0.213. The minimum absolute atomic E-state index is 0.254. The molecule has 1 heterocycles. The molecule has 2 unspecified atom stereocenters. The minimum atomic E-state index is -0.858. The summed E-state index contributed by atoms with van der Waals surface area (Å²) in [6, 6.07) is 7.54. The summed E-state index contributed by atoms with van der Waals surface area (Å²) in [6.07, 6.45) is 7.43. The summed E-state index contributed by atoms with van der Waals surface area (Å²) in [6.45, 7) is 13.7. The second-order valence-electron chi connectivity index (χ2n) is 10.1. The number of amides is 2. The van der Waals surface area contributed by atoms with E-state index in [0.29, 0.717) is 25.8 Å². The summed E-state index contributed by atoms with van der Waals surface area (Å²) >= 11 is 0. The van der Waals surface area contributed by atoms with E-state index >= 15 is 0 Å². The molecule has 0 aromatic heterocycles. The number of allylic oxidation sites excluding steroid dienone is 1. The van der Waals surface area contributed by atoms with Gasteiger partial charge in [-0.05, 0) is 45.6 Å². The van der Waals surface area contributed by atoms with Gasteiger partial charge in [0, 0.05) is 18.9 Å². The van der Waals surface area contributed by atoms with Crippen molar-refractivity contribution in [2.75, 3.05) is 13.7 Å². The molecule has 7 heteroatoms. The van der Waals surface area contributed by atoms with Gasteiger partial charge >= 0.3 is 12.1 Å². The van der Waals surface area contributed by atoms with Gasteiger partial charge in [0.25, 0.3) is 0 Å². The van der Waals surface area contributed by atoms with Crippen molar-refractivity contribution in [1.82, 2.24) is 9.80 Å². The van der Waals surface area contributed by atoms with Gasteiger partial charge in [0.1, 0.15) is 17.7 Å². The van der Waals surface area contributed by atoms with Gasteiger partial charge < -0.3 is 14.4 Å². The summed E-state index contributed by atoms with van der Waals surface area (Å²) in [4.78, 5) is 43.8. The Morgan fingerprint density at radius 2 is 1.86 bits per heavy atom. The average molecular weight is 499 g/mol. The molecule has 0 saturated carbocycles. The Morgan fingerprint density at radius 1 is 1.19 bits per heavy atom. The predicted molar refractivity (Wildman–Crippen MR) is 141 cm³/mol. The van der Waals surface area contributed by atoms with Crippen LogP contribution in [0.15, 0.2) is 55.1 Å². The van der Waals surface area contributed by atoms with E-state index in [0.717, 1.165) is 12.0 Å². The zero-order valence-corrected chi connectivity index (χ0v) is 22.6. The van der Waals surface area contributed by atoms with Crippen LogP contribution in [0.4, 0.5) is 4.79 Å². The molecular formula is C29H42N2O5. The van der Waals surface area contributed by atoms with Crippen LogP contribution in [-0.2, 0) is 25.5 Å². The molecule has 1 aliphatic rings. The highest BCUT2D eigenvalue weighted by atomic mass is 16.6. The van der Waals surface area contributed by atoms with Crippen LogP contribution in [0.5, 0.6) is 0 Å². The number of nitrogens with zero attached hydrogens (tertiary/aromatic N) is 2. The second kappa shape index (κ2) is 13.3. The van der Waals surface area contributed by atoms with Crippen LogP contribution in [0.2, 0.25) is 0 Å². The molecule has 36 heavy (non-hydrogen) atoms. The van der Waals surface area contributed by atoms with E-state index in [1.54, 1.807) is 31.7 Å². The van der Waals surface area contributed by atoms with Crippen LogP contribution >= 0.6 is 0 Å². The van der Waals surface area contributed by atoms with Gasteiger partial charge in [-0.15, -0.1) is 6.58 Å². The highest BCUT2D eigenvalue weighted by molar-refractivity contribution is 5.91. The quantitative estimate of drug-likeness (QED) is 0.329. The third-order valence-corrected chi connectivity index (χ3v) is 6.33. The zero-order valence-electron chi connectivity index (χ0n) is 22.6. The minimum Gasteiger partial charge on any atom is -0.467 e. The molecule has 4 atom stereocenters. The molecule has 0 aliphatic carbocycles. The summed E-state index contributed by atoms with van der Waals surface area (Å²) in [5, 5.41) is 0. The highest BCUT2D eigenvalue weighted by Crippen LogP contribution is 2.31. The highest BCUT2D eigenvalue weighted by Gasteiger charge is 2.47. The van der Waals surface area contributed by atoms with Crippen molar-refractivity contribution in [3.8, 4) is 0 Å². The van der Waals surface area contributed by atoms with Crippen LogP contribution in [0, 0.1) is 5.92 Å². The number of methoxy groups -OCH3 is 1. The fourth-order valence-electron chi connectivity index (χ4n) is 4.59. The lowest BCUT2D eigenvalue weighted by atomic mass is 9.95. The third kappa shape index (κ3) is 7.45. The third-order valence-electron chi connectivity index (χ3n) is 6.33. The Hall–Kier alpha value is -3.09. The maximum Gasteiger partial charge on any atom is 0.410 e. The Morgan fingerprint density at radius 3 is 2.39 bits per heavy atom. The summed E-state index contributed by atoms with van der Waals surface area (Å²) in [5.74, 6) is -1.05. The number of likely N-dealkylation sites (tertiary alicyclic amines) is 1. The molecule has 1 fully saturated rings. The van der Waals surface area contributed by atoms with Gasteiger partial charge in [0.05, 0.1) is 13.2 Å². The first-order valence-electron chi connectivity index (χ1n) is 12.8. The van der Waals surface area contributed by atoms with Gasteiger partial charge in [-0.1, -0.05) is 62.4 Å². The molecule has 1 aliphatic heterocycles. The lowest BCUT2D eigenvalue weighted by Gasteiger charge is -2.39. The molecule has 2 amide bonds. The smallest absolute Gasteiger partial charge is 0.410 e. The van der Waals surface area contributed by atoms with Crippen LogP contribution < -0.4 is 0 Å². The monoisotopic (exact) mass is 498 g/mol. The molecular weight excluding hydrogens is 456 g/mol. The van der Waals surface area contributed by atoms with Crippen LogP contribution in [-0.4, -0.2) is 65.2 Å². The van der Waals surface area contributed by atoms with Gasteiger partial charge in [-0.2, -0.15) is 0 Å². The number of hydrogen-bond donors (Lipinski definition) is 0. The fourth-order valence-corrected chi connectivity index (χ4v) is 4.59. The maximum atomic E-state index is 14.4. The van der Waals surface area contributed by atoms with E-state index in [9.17, 15) is 14.4 Å². The van der Waals surface area contributed by atoms with E-state index in [1.165, 1.54) is 12.0 Å². The molecule has 2 rings (SSSR count). The molecule has 0 N–H and O–H groups in total. The molecule has 198 valence electrons. The Bertz CT molecular complexity index is 921. The number of esters is 1. The Balaban J connectivity index is 2.57. The first kappa shape index (κ1) is 29.1. The van der Waals surface area contributed by atoms with Gasteiger partial charge in [-0.25, -0.2) is 9.59 Å². The molecule has 0 spiro atoms. The fraction of sp³-hybridized carbons (Fsp3) is 0.552. The van der Waals surface area contributed by atoms with Gasteiger partial charge in [0.15, 0.2) is 0 Å². The average Bonchev–Trinajstić information content (AvgIpc) is 3.29. The number of hydrogen-bond acceptors (Lipinski definition) is 5. The van der Waals surface area contributed by atoms with Crippen molar-refractivity contribution in [2.24, 2.45) is 5.92 Å². The van der Waals surface area contributed by atoms with E-state index < -0.39 is 29.7 Å². The van der Waals surface area contributed by atoms with E-state index in [-0.39, 0.29) is 17.9 Å². The lowest BCUT2D eigenvalue weighted by Crippen LogP contribution is -2.58. The largest absolute Gasteiger partial charge is 0.467 e. The zero-order chi connectivity index (χ0) is 26.9. The lowest BCUT2D eigenvalue weighted by molar-refractivity contribution is -0.156. The van der Waals surface area contributed by atoms with Gasteiger partial charge in [-0.3, -0.25) is 9.69 Å². The second-order valence-corrected chi connectivity index (χ2v) is 10.1. The predicted octanol–water partition coefficient (Wildman–Crippen LogP) is 5.16. The van der Waals surface area contributed by atoms with Crippen LogP contribution in [0.25, 0.3) is 0 Å². The molecule has 0 radical (unpaired) electrons. The van der Waals surface area contributed by atoms with Crippen LogP contribution in [0.3, 0.4) is 0 Å². The standard InChI is InChI=1S/C29H42N2O5/c1-8-11-17-23(10-3)31(24(27(33)35-7)20-21-15-13-12-14-16-21)26(32)25-22(9-2)18-19-30(25)28(34)36-29(4,5)6/h9,11-17,22-25H,2,8,10,18-20H2,1,3-7H3/b17-11+/t22-,23?,24?,25-/m1/s1. The van der Waals surface area contributed by atoms with Crippen molar-refractivity contribution >= 4 is 18.0 Å². The number of benzene rings is 1. The number of rotatable bonds is 10. The summed E-state index contributed by atoms with van der Waals surface area (Å²) in [7, 11) is 1.33. The Labute approximate surface area is 216 Å². The van der Waals surface area contributed by atoms with Gasteiger partial charge in [0.2, 0.25) is 5.91 Å². The molecule has 7 nitrogen and oxygen atoms in total. The van der Waals surface area contributed by atoms with Crippen molar-refractivity contribution in [2.45, 2.75) is 84.0 Å². The molecule has 1 aromatic carbocycles. The normalized spacial score (nSPS) is 19.6. The molecule has 1 aromatic rings. The van der Waals surface area contributed by atoms with Crippen LogP contribution in [0.1, 0.15) is 59.4 Å². The summed E-state index contributed by atoms with van der Waals surface area (Å²) < 4.78 is 10.8. The topological polar surface area (TPSA) is 76.2 Å². The van der Waals surface area contributed by atoms with E-state index in [1.807, 2.05) is 56.3 Å². The first-order chi connectivity index (χ1) is 17.1. The van der Waals surface area contributed by atoms with Crippen molar-refractivity contribution in [3.63, 3.8) is 0 Å². The molecule has 1 saturated heterocycles. The van der Waals surface area contributed by atoms with Crippen molar-refractivity contribution in [3.05, 3.63) is 60.7 Å². The number of carbonyl (C=O) groups is 3. The van der Waals surface area contributed by atoms with E-state index in [2.05, 4.69) is 6.58 Å². The maximum absolute atomic E-state index is 14.4. The van der Waals surface area contributed by atoms with Crippen molar-refractivity contribution in [1.29, 1.82) is 0 Å². The first-order valence-corrected chi connectivity index (χ1v) is 12.8. The van der Waals surface area contributed by atoms with E-state index in [4.69, 9.17) is 9.47 Å². The number of ether oxygens (including phenoxy) is 2.